The van der Waals surface area contributed by atoms with Crippen molar-refractivity contribution in [3.05, 3.63) is 23.9 Å². The SMILES string of the molecule is CCCNC(Cc1cccnc1N)C(CCC)OCC. The highest BCUT2D eigenvalue weighted by molar-refractivity contribution is 5.39. The van der Waals surface area contributed by atoms with Crippen molar-refractivity contribution in [1.29, 1.82) is 0 Å². The van der Waals surface area contributed by atoms with Gasteiger partial charge in [-0.2, -0.15) is 0 Å². The van der Waals surface area contributed by atoms with Gasteiger partial charge >= 0.3 is 0 Å². The minimum atomic E-state index is 0.233. The lowest BCUT2D eigenvalue weighted by Gasteiger charge is -2.28. The van der Waals surface area contributed by atoms with Crippen molar-refractivity contribution in [2.24, 2.45) is 0 Å². The zero-order valence-electron chi connectivity index (χ0n) is 13.1. The van der Waals surface area contributed by atoms with Gasteiger partial charge < -0.3 is 15.8 Å². The van der Waals surface area contributed by atoms with Crippen molar-refractivity contribution in [1.82, 2.24) is 10.3 Å². The van der Waals surface area contributed by atoms with E-state index >= 15 is 0 Å². The van der Waals surface area contributed by atoms with Gasteiger partial charge in [0, 0.05) is 18.8 Å². The maximum Gasteiger partial charge on any atom is 0.126 e. The summed E-state index contributed by atoms with van der Waals surface area (Å²) in [6.07, 6.45) is 6.14. The Morgan fingerprint density at radius 2 is 2.10 bits per heavy atom. The maximum absolute atomic E-state index is 5.97. The summed E-state index contributed by atoms with van der Waals surface area (Å²) in [4.78, 5) is 4.17. The molecule has 0 aromatic carbocycles. The van der Waals surface area contributed by atoms with Crippen LogP contribution in [0.1, 0.15) is 45.6 Å². The van der Waals surface area contributed by atoms with Crippen LogP contribution in [0.2, 0.25) is 0 Å². The summed E-state index contributed by atoms with van der Waals surface area (Å²) < 4.78 is 5.93. The number of hydrogen-bond acceptors (Lipinski definition) is 4. The number of anilines is 1. The largest absolute Gasteiger partial charge is 0.383 e. The van der Waals surface area contributed by atoms with E-state index in [-0.39, 0.29) is 6.10 Å². The van der Waals surface area contributed by atoms with Crippen LogP contribution >= 0.6 is 0 Å². The van der Waals surface area contributed by atoms with Gasteiger partial charge in [-0.3, -0.25) is 0 Å². The van der Waals surface area contributed by atoms with E-state index < -0.39 is 0 Å². The summed E-state index contributed by atoms with van der Waals surface area (Å²) in [6, 6.07) is 4.29. The normalized spacial score (nSPS) is 14.2. The average Bonchev–Trinajstić information content (AvgIpc) is 2.45. The third-order valence-corrected chi connectivity index (χ3v) is 3.43. The number of ether oxygens (including phenoxy) is 1. The molecule has 0 aliphatic heterocycles. The summed E-state index contributed by atoms with van der Waals surface area (Å²) in [7, 11) is 0. The van der Waals surface area contributed by atoms with Crippen molar-refractivity contribution >= 4 is 5.82 Å². The summed E-state index contributed by atoms with van der Waals surface area (Å²) in [6.45, 7) is 8.17. The minimum Gasteiger partial charge on any atom is -0.383 e. The van der Waals surface area contributed by atoms with E-state index in [9.17, 15) is 0 Å². The van der Waals surface area contributed by atoms with Crippen LogP contribution in [0.5, 0.6) is 0 Å². The van der Waals surface area contributed by atoms with Crippen molar-refractivity contribution < 1.29 is 4.74 Å². The molecule has 3 N–H and O–H groups in total. The van der Waals surface area contributed by atoms with Crippen LogP contribution in [0.15, 0.2) is 18.3 Å². The first-order valence-electron chi connectivity index (χ1n) is 7.77. The Balaban J connectivity index is 2.78. The maximum atomic E-state index is 5.97. The molecule has 1 rings (SSSR count). The molecular weight excluding hydrogens is 250 g/mol. The molecular formula is C16H29N3O. The van der Waals surface area contributed by atoms with Crippen molar-refractivity contribution in [2.45, 2.75) is 58.6 Å². The predicted molar refractivity (Wildman–Crippen MR) is 84.8 cm³/mol. The van der Waals surface area contributed by atoms with Crippen LogP contribution < -0.4 is 11.1 Å². The molecule has 0 saturated carbocycles. The molecule has 2 unspecified atom stereocenters. The van der Waals surface area contributed by atoms with Gasteiger partial charge in [-0.05, 0) is 44.4 Å². The van der Waals surface area contributed by atoms with Crippen molar-refractivity contribution in [2.75, 3.05) is 18.9 Å². The van der Waals surface area contributed by atoms with Crippen molar-refractivity contribution in [3.8, 4) is 0 Å². The van der Waals surface area contributed by atoms with Crippen LogP contribution in [-0.2, 0) is 11.2 Å². The van der Waals surface area contributed by atoms with Gasteiger partial charge in [-0.15, -0.1) is 0 Å². The third-order valence-electron chi connectivity index (χ3n) is 3.43. The number of nitrogens with zero attached hydrogens (tertiary/aromatic N) is 1. The Bertz CT molecular complexity index is 364. The van der Waals surface area contributed by atoms with Gasteiger partial charge in [0.15, 0.2) is 0 Å². The van der Waals surface area contributed by atoms with Gasteiger partial charge in [0.25, 0.3) is 0 Å². The standard InChI is InChI=1S/C16H29N3O/c1-4-8-15(20-6-3)14(18-10-5-2)12-13-9-7-11-19-16(13)17/h7,9,11,14-15,18H,4-6,8,10,12H2,1-3H3,(H2,17,19). The van der Waals surface area contributed by atoms with Crippen LogP contribution in [0, 0.1) is 0 Å². The molecule has 0 spiro atoms. The average molecular weight is 279 g/mol. The number of pyridine rings is 1. The lowest BCUT2D eigenvalue weighted by atomic mass is 9.98. The van der Waals surface area contributed by atoms with Gasteiger partial charge in [0.1, 0.15) is 5.82 Å². The Labute approximate surface area is 123 Å². The molecule has 1 aromatic heterocycles. The summed E-state index contributed by atoms with van der Waals surface area (Å²) in [5.74, 6) is 0.627. The molecule has 0 saturated heterocycles. The van der Waals surface area contributed by atoms with Crippen LogP contribution in [-0.4, -0.2) is 30.3 Å². The van der Waals surface area contributed by atoms with E-state index in [1.165, 1.54) is 0 Å². The summed E-state index contributed by atoms with van der Waals surface area (Å²) in [5, 5.41) is 3.61. The number of nitrogen functional groups attached to an aromatic ring is 1. The number of rotatable bonds is 10. The van der Waals surface area contributed by atoms with Crippen LogP contribution in [0.4, 0.5) is 5.82 Å². The molecule has 4 heteroatoms. The van der Waals surface area contributed by atoms with Crippen LogP contribution in [0.3, 0.4) is 0 Å². The lowest BCUT2D eigenvalue weighted by Crippen LogP contribution is -2.43. The Morgan fingerprint density at radius 1 is 1.30 bits per heavy atom. The Hall–Kier alpha value is -1.13. The number of aromatic nitrogens is 1. The van der Waals surface area contributed by atoms with Gasteiger partial charge in [0.05, 0.1) is 6.10 Å². The van der Waals surface area contributed by atoms with Crippen molar-refractivity contribution in [3.63, 3.8) is 0 Å². The molecule has 0 bridgehead atoms. The third kappa shape index (κ3) is 5.47. The first-order valence-corrected chi connectivity index (χ1v) is 7.77. The molecule has 1 heterocycles. The second kappa shape index (κ2) is 9.72. The summed E-state index contributed by atoms with van der Waals surface area (Å²) >= 11 is 0. The van der Waals surface area contributed by atoms with E-state index in [0.717, 1.165) is 44.4 Å². The topological polar surface area (TPSA) is 60.2 Å². The highest BCUT2D eigenvalue weighted by Gasteiger charge is 2.21. The fraction of sp³-hybridized carbons (Fsp3) is 0.688. The van der Waals surface area contributed by atoms with Crippen LogP contribution in [0.25, 0.3) is 0 Å². The molecule has 114 valence electrons. The molecule has 0 amide bonds. The number of nitrogens with one attached hydrogen (secondary N) is 1. The molecule has 0 radical (unpaired) electrons. The smallest absolute Gasteiger partial charge is 0.126 e. The first-order chi connectivity index (χ1) is 9.72. The van der Waals surface area contributed by atoms with Gasteiger partial charge in [-0.25, -0.2) is 4.98 Å². The molecule has 2 atom stereocenters. The second-order valence-electron chi connectivity index (χ2n) is 5.09. The lowest BCUT2D eigenvalue weighted by molar-refractivity contribution is 0.0282. The fourth-order valence-electron chi connectivity index (χ4n) is 2.42. The second-order valence-corrected chi connectivity index (χ2v) is 5.09. The van der Waals surface area contributed by atoms with E-state index in [0.29, 0.717) is 11.9 Å². The molecule has 4 nitrogen and oxygen atoms in total. The van der Waals surface area contributed by atoms with E-state index in [1.54, 1.807) is 6.20 Å². The fourth-order valence-corrected chi connectivity index (χ4v) is 2.42. The zero-order valence-corrected chi connectivity index (χ0v) is 13.1. The minimum absolute atomic E-state index is 0.233. The Kier molecular flexibility index (Phi) is 8.23. The van der Waals surface area contributed by atoms with Gasteiger partial charge in [0.2, 0.25) is 0 Å². The molecule has 0 fully saturated rings. The number of nitrogens with two attached hydrogens (primary N) is 1. The first kappa shape index (κ1) is 16.9. The summed E-state index contributed by atoms with van der Waals surface area (Å²) in [5.41, 5.74) is 7.06. The molecule has 1 aromatic rings. The molecule has 20 heavy (non-hydrogen) atoms. The zero-order chi connectivity index (χ0) is 14.8. The van der Waals surface area contributed by atoms with Gasteiger partial charge in [-0.1, -0.05) is 26.3 Å². The number of hydrogen-bond donors (Lipinski definition) is 2. The quantitative estimate of drug-likeness (QED) is 0.691. The molecule has 0 aliphatic rings. The highest BCUT2D eigenvalue weighted by Crippen LogP contribution is 2.16. The molecule has 0 aliphatic carbocycles. The van der Waals surface area contributed by atoms with E-state index in [1.807, 2.05) is 6.07 Å². The predicted octanol–water partition coefficient (Wildman–Crippen LogP) is 2.78. The van der Waals surface area contributed by atoms with E-state index in [2.05, 4.69) is 37.1 Å². The van der Waals surface area contributed by atoms with E-state index in [4.69, 9.17) is 10.5 Å². The monoisotopic (exact) mass is 279 g/mol. The Morgan fingerprint density at radius 3 is 2.70 bits per heavy atom. The highest BCUT2D eigenvalue weighted by atomic mass is 16.5.